The number of allylic oxidation sites excluding steroid dienone is 1. The Labute approximate surface area is 170 Å². The largest absolute Gasteiger partial charge is 0.380 e. The second kappa shape index (κ2) is 8.43. The van der Waals surface area contributed by atoms with Crippen molar-refractivity contribution in [2.45, 2.75) is 18.3 Å². The minimum absolute atomic E-state index is 0.311. The summed E-state index contributed by atoms with van der Waals surface area (Å²) in [6, 6.07) is 29.2. The average molecular weight is 385 g/mol. The number of hydrogen-bond acceptors (Lipinski definition) is 4. The van der Waals surface area contributed by atoms with Gasteiger partial charge in [-0.1, -0.05) is 96.2 Å². The summed E-state index contributed by atoms with van der Waals surface area (Å²) in [6.45, 7) is 0. The molecule has 0 aliphatic carbocycles. The highest BCUT2D eigenvalue weighted by molar-refractivity contribution is 6.09. The Morgan fingerprint density at radius 3 is 1.90 bits per heavy atom. The van der Waals surface area contributed by atoms with Crippen LogP contribution in [0.2, 0.25) is 0 Å². The Morgan fingerprint density at radius 1 is 0.862 bits per heavy atom. The Kier molecular flexibility index (Phi) is 5.56. The second-order valence-corrected chi connectivity index (χ2v) is 7.00. The van der Waals surface area contributed by atoms with Gasteiger partial charge in [-0.3, -0.25) is 0 Å². The van der Waals surface area contributed by atoms with Crippen LogP contribution in [0.4, 0.5) is 0 Å². The second-order valence-electron chi connectivity index (χ2n) is 7.00. The lowest BCUT2D eigenvalue weighted by Crippen LogP contribution is -2.32. The number of nitrogens with zero attached hydrogens (tertiary/aromatic N) is 1. The summed E-state index contributed by atoms with van der Waals surface area (Å²) in [6.07, 6.45) is 1.61. The van der Waals surface area contributed by atoms with Crippen molar-refractivity contribution in [3.8, 4) is 0 Å². The number of benzene rings is 3. The molecule has 0 spiro atoms. The molecule has 0 saturated heterocycles. The van der Waals surface area contributed by atoms with Gasteiger partial charge in [0.25, 0.3) is 0 Å². The van der Waals surface area contributed by atoms with E-state index in [2.05, 4.69) is 5.16 Å². The smallest absolute Gasteiger partial charge is 0.249 e. The molecule has 0 fully saturated rings. The predicted octanol–water partition coefficient (Wildman–Crippen LogP) is 4.65. The van der Waals surface area contributed by atoms with E-state index in [1.165, 1.54) is 0 Å². The van der Waals surface area contributed by atoms with E-state index in [1.807, 2.05) is 97.1 Å². The first-order valence-corrected chi connectivity index (χ1v) is 9.56. The third kappa shape index (κ3) is 3.99. The molecule has 4 heteroatoms. The van der Waals surface area contributed by atoms with Crippen LogP contribution in [-0.4, -0.2) is 24.2 Å². The van der Waals surface area contributed by atoms with Gasteiger partial charge >= 0.3 is 0 Å². The first kappa shape index (κ1) is 19.1. The van der Waals surface area contributed by atoms with E-state index in [-0.39, 0.29) is 0 Å². The van der Waals surface area contributed by atoms with Gasteiger partial charge in [0.15, 0.2) is 0 Å². The van der Waals surface area contributed by atoms with E-state index in [0.29, 0.717) is 12.1 Å². The van der Waals surface area contributed by atoms with E-state index in [9.17, 15) is 5.11 Å². The number of rotatable bonds is 6. The fourth-order valence-corrected chi connectivity index (χ4v) is 3.61. The van der Waals surface area contributed by atoms with Gasteiger partial charge in [-0.25, -0.2) is 0 Å². The number of hydrogen-bond donors (Lipinski definition) is 1. The molecule has 4 rings (SSSR count). The number of methoxy groups -OCH3 is 1. The van der Waals surface area contributed by atoms with Crippen LogP contribution in [0, 0.1) is 0 Å². The predicted molar refractivity (Wildman–Crippen MR) is 113 cm³/mol. The summed E-state index contributed by atoms with van der Waals surface area (Å²) < 4.78 is 5.50. The van der Waals surface area contributed by atoms with Crippen LogP contribution in [0.1, 0.15) is 23.1 Å². The molecule has 4 nitrogen and oxygen atoms in total. The minimum atomic E-state index is -1.23. The lowest BCUT2D eigenvalue weighted by atomic mass is 9.80. The maximum absolute atomic E-state index is 11.9. The molecule has 0 saturated carbocycles. The summed E-state index contributed by atoms with van der Waals surface area (Å²) in [5.74, 6) is 0. The molecule has 146 valence electrons. The van der Waals surface area contributed by atoms with Gasteiger partial charge in [-0.15, -0.1) is 0 Å². The number of aliphatic hydroxyl groups is 1. The third-order valence-corrected chi connectivity index (χ3v) is 5.12. The monoisotopic (exact) mass is 385 g/mol. The van der Waals surface area contributed by atoms with E-state index < -0.39 is 11.9 Å². The van der Waals surface area contributed by atoms with Crippen molar-refractivity contribution in [3.63, 3.8) is 0 Å². The van der Waals surface area contributed by atoms with Gasteiger partial charge in [0.05, 0.1) is 0 Å². The van der Waals surface area contributed by atoms with Gasteiger partial charge < -0.3 is 14.7 Å². The maximum Gasteiger partial charge on any atom is 0.249 e. The molecule has 1 aliphatic rings. The molecule has 0 aromatic heterocycles. The summed E-state index contributed by atoms with van der Waals surface area (Å²) in [4.78, 5) is 5.61. The normalized spacial score (nSPS) is 16.6. The molecule has 0 amide bonds. The lowest BCUT2D eigenvalue weighted by molar-refractivity contribution is -0.105. The Morgan fingerprint density at radius 2 is 1.38 bits per heavy atom. The Bertz CT molecular complexity index is 959. The molecule has 3 aromatic rings. The average Bonchev–Trinajstić information content (AvgIpc) is 2.80. The van der Waals surface area contributed by atoms with Gasteiger partial charge in [0, 0.05) is 24.7 Å². The van der Waals surface area contributed by atoms with Crippen molar-refractivity contribution in [3.05, 3.63) is 119 Å². The van der Waals surface area contributed by atoms with Crippen molar-refractivity contribution in [1.82, 2.24) is 0 Å². The van der Waals surface area contributed by atoms with Crippen LogP contribution in [0.5, 0.6) is 0 Å². The molecular formula is C25H23NO3. The molecule has 1 unspecified atom stereocenters. The number of oxime groups is 1. The molecule has 0 radical (unpaired) electrons. The zero-order valence-electron chi connectivity index (χ0n) is 16.2. The molecule has 1 aliphatic heterocycles. The lowest BCUT2D eigenvalue weighted by Gasteiger charge is -2.33. The fourth-order valence-electron chi connectivity index (χ4n) is 3.61. The maximum atomic E-state index is 11.9. The standard InChI is InChI=1S/C25H23NO3/c1-28-24-20(17-23(26-29-24)19-11-5-2-6-12-19)18-25(27,21-13-7-3-8-14-21)22-15-9-4-10-16-22/h2-17,24,27H,18H2,1H3. The number of ether oxygens (including phenoxy) is 1. The van der Waals surface area contributed by atoms with Crippen molar-refractivity contribution in [1.29, 1.82) is 0 Å². The molecular weight excluding hydrogens is 362 g/mol. The van der Waals surface area contributed by atoms with Gasteiger partial charge in [0.1, 0.15) is 11.3 Å². The third-order valence-electron chi connectivity index (χ3n) is 5.12. The van der Waals surface area contributed by atoms with E-state index in [4.69, 9.17) is 9.57 Å². The first-order chi connectivity index (χ1) is 14.2. The molecule has 1 atom stereocenters. The SMILES string of the molecule is COC1ON=C(c2ccccc2)C=C1CC(O)(c1ccccc1)c1ccccc1. The summed E-state index contributed by atoms with van der Waals surface area (Å²) in [7, 11) is 1.58. The van der Waals surface area contributed by atoms with E-state index >= 15 is 0 Å². The Hall–Kier alpha value is -3.21. The topological polar surface area (TPSA) is 51.0 Å². The molecule has 1 heterocycles. The van der Waals surface area contributed by atoms with Crippen molar-refractivity contribution in [2.24, 2.45) is 5.16 Å². The van der Waals surface area contributed by atoms with Crippen LogP contribution >= 0.6 is 0 Å². The van der Waals surface area contributed by atoms with Crippen LogP contribution in [0.15, 0.2) is 108 Å². The van der Waals surface area contributed by atoms with E-state index in [1.54, 1.807) is 7.11 Å². The summed E-state index contributed by atoms with van der Waals surface area (Å²) >= 11 is 0. The molecule has 29 heavy (non-hydrogen) atoms. The van der Waals surface area contributed by atoms with Crippen LogP contribution < -0.4 is 0 Å². The fraction of sp³-hybridized carbons (Fsp3) is 0.160. The zero-order chi connectivity index (χ0) is 20.1. The van der Waals surface area contributed by atoms with Crippen molar-refractivity contribution >= 4 is 5.71 Å². The van der Waals surface area contributed by atoms with Crippen LogP contribution in [0.3, 0.4) is 0 Å². The van der Waals surface area contributed by atoms with Gasteiger partial charge in [-0.2, -0.15) is 0 Å². The van der Waals surface area contributed by atoms with Gasteiger partial charge in [-0.05, 0) is 17.2 Å². The molecule has 3 aromatic carbocycles. The quantitative estimate of drug-likeness (QED) is 0.672. The highest BCUT2D eigenvalue weighted by atomic mass is 16.8. The molecule has 0 bridgehead atoms. The summed E-state index contributed by atoms with van der Waals surface area (Å²) in [5.41, 5.74) is 2.86. The minimum Gasteiger partial charge on any atom is -0.380 e. The van der Waals surface area contributed by atoms with E-state index in [0.717, 1.165) is 22.3 Å². The Balaban J connectivity index is 1.76. The highest BCUT2D eigenvalue weighted by Crippen LogP contribution is 2.37. The molecule has 1 N–H and O–H groups in total. The zero-order valence-corrected chi connectivity index (χ0v) is 16.2. The first-order valence-electron chi connectivity index (χ1n) is 9.56. The van der Waals surface area contributed by atoms with Crippen molar-refractivity contribution in [2.75, 3.05) is 7.11 Å². The highest BCUT2D eigenvalue weighted by Gasteiger charge is 2.36. The van der Waals surface area contributed by atoms with Gasteiger partial charge in [0.2, 0.25) is 6.29 Å². The van der Waals surface area contributed by atoms with Crippen LogP contribution in [0.25, 0.3) is 0 Å². The van der Waals surface area contributed by atoms with Crippen molar-refractivity contribution < 1.29 is 14.7 Å². The van der Waals surface area contributed by atoms with Crippen LogP contribution in [-0.2, 0) is 15.2 Å². The summed E-state index contributed by atoms with van der Waals surface area (Å²) in [5, 5.41) is 16.1.